The molecular weight excluding hydrogens is 301 g/mol. The highest BCUT2D eigenvalue weighted by atomic mass is 19.1. The van der Waals surface area contributed by atoms with E-state index >= 15 is 0 Å². The molecule has 8 heteroatoms. The number of aromatic nitrogens is 4. The van der Waals surface area contributed by atoms with E-state index in [9.17, 15) is 9.18 Å². The zero-order valence-electron chi connectivity index (χ0n) is 12.5. The third-order valence-corrected chi connectivity index (χ3v) is 3.30. The fourth-order valence-corrected chi connectivity index (χ4v) is 2.13. The second kappa shape index (κ2) is 5.99. The van der Waals surface area contributed by atoms with Crippen LogP contribution in [0.2, 0.25) is 0 Å². The summed E-state index contributed by atoms with van der Waals surface area (Å²) in [6, 6.07) is 7.13. The summed E-state index contributed by atoms with van der Waals surface area (Å²) >= 11 is 0. The lowest BCUT2D eigenvalue weighted by Crippen LogP contribution is -2.27. The molecule has 1 N–H and O–H groups in total. The standard InChI is InChI=1S/C15H14FN5O2/c1-9-7-13(15(22)18-10(2)14-17-8-23-20-14)19-21(9)12-5-3-11(16)4-6-12/h3-8,10H,1-2H3,(H,18,22)/t10-/m1/s1. The van der Waals surface area contributed by atoms with E-state index in [2.05, 4.69) is 25.1 Å². The van der Waals surface area contributed by atoms with Gasteiger partial charge in [-0.2, -0.15) is 10.1 Å². The van der Waals surface area contributed by atoms with Crippen molar-refractivity contribution in [3.05, 3.63) is 59.8 Å². The number of aryl methyl sites for hydroxylation is 1. The van der Waals surface area contributed by atoms with Crippen molar-refractivity contribution >= 4 is 5.91 Å². The van der Waals surface area contributed by atoms with E-state index in [1.165, 1.54) is 18.5 Å². The third kappa shape index (κ3) is 3.10. The molecule has 1 amide bonds. The number of rotatable bonds is 4. The molecule has 3 rings (SSSR count). The second-order valence-corrected chi connectivity index (χ2v) is 5.04. The van der Waals surface area contributed by atoms with Gasteiger partial charge in [-0.1, -0.05) is 5.16 Å². The molecule has 0 saturated carbocycles. The van der Waals surface area contributed by atoms with Gasteiger partial charge in [-0.15, -0.1) is 0 Å². The predicted octanol–water partition coefficient (Wildman–Crippen LogP) is 2.19. The Morgan fingerprint density at radius 2 is 2.09 bits per heavy atom. The van der Waals surface area contributed by atoms with E-state index in [1.54, 1.807) is 29.8 Å². The first kappa shape index (κ1) is 14.9. The van der Waals surface area contributed by atoms with Crippen LogP contribution < -0.4 is 5.32 Å². The van der Waals surface area contributed by atoms with Crippen LogP contribution in [-0.2, 0) is 0 Å². The lowest BCUT2D eigenvalue weighted by Gasteiger charge is -2.08. The summed E-state index contributed by atoms with van der Waals surface area (Å²) in [5, 5.41) is 10.7. The predicted molar refractivity (Wildman–Crippen MR) is 78.4 cm³/mol. The zero-order chi connectivity index (χ0) is 16.4. The molecule has 0 spiro atoms. The maximum Gasteiger partial charge on any atom is 0.272 e. The van der Waals surface area contributed by atoms with E-state index in [-0.39, 0.29) is 17.4 Å². The van der Waals surface area contributed by atoms with E-state index in [1.807, 2.05) is 6.92 Å². The summed E-state index contributed by atoms with van der Waals surface area (Å²) in [7, 11) is 0. The molecule has 0 fully saturated rings. The molecule has 1 atom stereocenters. The fourth-order valence-electron chi connectivity index (χ4n) is 2.13. The lowest BCUT2D eigenvalue weighted by molar-refractivity contribution is 0.0932. The van der Waals surface area contributed by atoms with E-state index in [4.69, 9.17) is 0 Å². The largest absolute Gasteiger partial charge is 0.343 e. The molecule has 0 aliphatic carbocycles. The van der Waals surface area contributed by atoms with E-state index < -0.39 is 6.04 Å². The van der Waals surface area contributed by atoms with Crippen LogP contribution in [-0.4, -0.2) is 25.8 Å². The van der Waals surface area contributed by atoms with Gasteiger partial charge in [-0.05, 0) is 44.2 Å². The first-order valence-corrected chi connectivity index (χ1v) is 6.94. The number of benzene rings is 1. The minimum absolute atomic E-state index is 0.252. The molecule has 0 unspecified atom stereocenters. The van der Waals surface area contributed by atoms with Gasteiger partial charge in [0.15, 0.2) is 11.5 Å². The maximum absolute atomic E-state index is 13.0. The van der Waals surface area contributed by atoms with E-state index in [0.717, 1.165) is 5.69 Å². The molecule has 1 aromatic carbocycles. The van der Waals surface area contributed by atoms with Crippen LogP contribution in [0, 0.1) is 12.7 Å². The summed E-state index contributed by atoms with van der Waals surface area (Å²) in [5.41, 5.74) is 1.69. The number of carbonyl (C=O) groups excluding carboxylic acids is 1. The minimum Gasteiger partial charge on any atom is -0.343 e. The molecular formula is C15H14FN5O2. The number of hydrogen-bond acceptors (Lipinski definition) is 5. The van der Waals surface area contributed by atoms with Crippen molar-refractivity contribution in [2.24, 2.45) is 0 Å². The minimum atomic E-state index is -0.405. The number of amides is 1. The molecule has 0 aliphatic heterocycles. The van der Waals surface area contributed by atoms with Crippen molar-refractivity contribution in [2.75, 3.05) is 0 Å². The van der Waals surface area contributed by atoms with Crippen LogP contribution in [0.15, 0.2) is 41.2 Å². The van der Waals surface area contributed by atoms with Crippen LogP contribution in [0.1, 0.15) is 35.0 Å². The van der Waals surface area contributed by atoms with Crippen molar-refractivity contribution in [1.82, 2.24) is 25.2 Å². The molecule has 0 bridgehead atoms. The SMILES string of the molecule is Cc1cc(C(=O)N[C@H](C)c2ncon2)nn1-c1ccc(F)cc1. The lowest BCUT2D eigenvalue weighted by atomic mass is 10.3. The summed E-state index contributed by atoms with van der Waals surface area (Å²) in [5.74, 6) is -0.301. The van der Waals surface area contributed by atoms with Crippen molar-refractivity contribution in [2.45, 2.75) is 19.9 Å². The summed E-state index contributed by atoms with van der Waals surface area (Å²) in [6.45, 7) is 3.56. The quantitative estimate of drug-likeness (QED) is 0.797. The molecule has 3 aromatic rings. The topological polar surface area (TPSA) is 85.8 Å². The molecule has 118 valence electrons. The molecule has 23 heavy (non-hydrogen) atoms. The van der Waals surface area contributed by atoms with Gasteiger partial charge >= 0.3 is 0 Å². The van der Waals surface area contributed by atoms with Crippen molar-refractivity contribution in [3.63, 3.8) is 0 Å². The second-order valence-electron chi connectivity index (χ2n) is 5.04. The van der Waals surface area contributed by atoms with Crippen LogP contribution in [0.5, 0.6) is 0 Å². The zero-order valence-corrected chi connectivity index (χ0v) is 12.5. The molecule has 0 radical (unpaired) electrons. The van der Waals surface area contributed by atoms with Gasteiger partial charge in [-0.25, -0.2) is 9.07 Å². The smallest absolute Gasteiger partial charge is 0.272 e. The molecule has 2 aromatic heterocycles. The van der Waals surface area contributed by atoms with Crippen LogP contribution in [0.3, 0.4) is 0 Å². The number of nitrogens with zero attached hydrogens (tertiary/aromatic N) is 4. The van der Waals surface area contributed by atoms with Gasteiger partial charge in [-0.3, -0.25) is 4.79 Å². The van der Waals surface area contributed by atoms with E-state index in [0.29, 0.717) is 11.5 Å². The number of carbonyl (C=O) groups is 1. The van der Waals surface area contributed by atoms with Crippen LogP contribution in [0.25, 0.3) is 5.69 Å². The Balaban J connectivity index is 1.80. The average Bonchev–Trinajstić information content (AvgIpc) is 3.17. The first-order valence-electron chi connectivity index (χ1n) is 6.94. The molecule has 0 aliphatic rings. The van der Waals surface area contributed by atoms with Gasteiger partial charge in [0.05, 0.1) is 11.7 Å². The number of halogens is 1. The Kier molecular flexibility index (Phi) is 3.88. The number of nitrogens with one attached hydrogen (secondary N) is 1. The summed E-state index contributed by atoms with van der Waals surface area (Å²) < 4.78 is 19.2. The summed E-state index contributed by atoms with van der Waals surface area (Å²) in [4.78, 5) is 16.2. The Morgan fingerprint density at radius 3 is 2.74 bits per heavy atom. The monoisotopic (exact) mass is 315 g/mol. The van der Waals surface area contributed by atoms with Crippen LogP contribution >= 0.6 is 0 Å². The van der Waals surface area contributed by atoms with Crippen molar-refractivity contribution in [3.8, 4) is 5.69 Å². The Labute approximate surface area is 131 Å². The Bertz CT molecular complexity index is 811. The van der Waals surface area contributed by atoms with Crippen LogP contribution in [0.4, 0.5) is 4.39 Å². The first-order chi connectivity index (χ1) is 11.0. The molecule has 0 saturated heterocycles. The normalized spacial score (nSPS) is 12.1. The van der Waals surface area contributed by atoms with Crippen molar-refractivity contribution < 1.29 is 13.7 Å². The Morgan fingerprint density at radius 1 is 1.35 bits per heavy atom. The van der Waals surface area contributed by atoms with Gasteiger partial charge in [0, 0.05) is 5.69 Å². The Hall–Kier alpha value is -3.03. The van der Waals surface area contributed by atoms with Gasteiger partial charge < -0.3 is 9.84 Å². The highest BCUT2D eigenvalue weighted by molar-refractivity contribution is 5.92. The summed E-state index contributed by atoms with van der Waals surface area (Å²) in [6.07, 6.45) is 1.20. The highest BCUT2D eigenvalue weighted by Gasteiger charge is 2.18. The van der Waals surface area contributed by atoms with Gasteiger partial charge in [0.1, 0.15) is 5.82 Å². The molecule has 2 heterocycles. The fraction of sp³-hybridized carbons (Fsp3) is 0.200. The molecule has 7 nitrogen and oxygen atoms in total. The third-order valence-electron chi connectivity index (χ3n) is 3.30. The van der Waals surface area contributed by atoms with Crippen molar-refractivity contribution in [1.29, 1.82) is 0 Å². The van der Waals surface area contributed by atoms with Gasteiger partial charge in [0.2, 0.25) is 6.39 Å². The maximum atomic E-state index is 13.0. The average molecular weight is 315 g/mol. The highest BCUT2D eigenvalue weighted by Crippen LogP contribution is 2.14. The number of hydrogen-bond donors (Lipinski definition) is 1. The van der Waals surface area contributed by atoms with Gasteiger partial charge in [0.25, 0.3) is 5.91 Å².